The summed E-state index contributed by atoms with van der Waals surface area (Å²) in [6.45, 7) is 3.81. The molecule has 180 valence electrons. The third kappa shape index (κ3) is 3.54. The van der Waals surface area contributed by atoms with Gasteiger partial charge in [-0.2, -0.15) is 0 Å². The van der Waals surface area contributed by atoms with Crippen molar-refractivity contribution in [2.75, 3.05) is 4.90 Å². The first-order chi connectivity index (χ1) is 16.9. The monoisotopic (exact) mass is 476 g/mol. The zero-order valence-corrected chi connectivity index (χ0v) is 19.7. The Morgan fingerprint density at radius 2 is 1.83 bits per heavy atom. The largest absolute Gasteiger partial charge is 0.361 e. The van der Waals surface area contributed by atoms with Crippen LogP contribution in [0.4, 0.5) is 14.5 Å². The average molecular weight is 477 g/mol. The number of anilines is 1. The zero-order valence-electron chi connectivity index (χ0n) is 19.7. The number of aryl methyl sites for hydroxylation is 2. The van der Waals surface area contributed by atoms with Crippen LogP contribution in [0.3, 0.4) is 0 Å². The first-order valence-electron chi connectivity index (χ1n) is 12.1. The molecule has 2 aromatic carbocycles. The predicted octanol–water partition coefficient (Wildman–Crippen LogP) is 6.57. The molecule has 0 spiro atoms. The van der Waals surface area contributed by atoms with E-state index in [0.717, 1.165) is 77.3 Å². The molecule has 0 N–H and O–H groups in total. The number of nitrogens with zero attached hydrogens (tertiary/aromatic N) is 4. The fourth-order valence-electron chi connectivity index (χ4n) is 5.51. The molecule has 2 aliphatic rings. The molecule has 8 heteroatoms. The van der Waals surface area contributed by atoms with Gasteiger partial charge in [0.15, 0.2) is 11.6 Å². The molecule has 6 rings (SSSR count). The minimum atomic E-state index is -0.962. The van der Waals surface area contributed by atoms with Crippen LogP contribution in [0.2, 0.25) is 0 Å². The van der Waals surface area contributed by atoms with Gasteiger partial charge in [-0.25, -0.2) is 13.8 Å². The second-order valence-electron chi connectivity index (χ2n) is 9.60. The summed E-state index contributed by atoms with van der Waals surface area (Å²) in [5, 5.41) is 4.08. The highest BCUT2D eigenvalue weighted by atomic mass is 19.2. The molecule has 1 amide bonds. The zero-order chi connectivity index (χ0) is 24.3. The van der Waals surface area contributed by atoms with Gasteiger partial charge in [0, 0.05) is 29.8 Å². The van der Waals surface area contributed by atoms with Gasteiger partial charge in [0.05, 0.1) is 22.8 Å². The molecule has 0 radical (unpaired) electrons. The molecule has 1 aliphatic heterocycles. The number of benzene rings is 2. The number of amides is 1. The van der Waals surface area contributed by atoms with E-state index in [1.165, 1.54) is 6.07 Å². The maximum atomic E-state index is 14.1. The van der Waals surface area contributed by atoms with Crippen molar-refractivity contribution in [1.29, 1.82) is 0 Å². The number of rotatable bonds is 4. The Bertz CT molecular complexity index is 1430. The van der Waals surface area contributed by atoms with Gasteiger partial charge in [0.2, 0.25) is 5.91 Å². The van der Waals surface area contributed by atoms with Crippen molar-refractivity contribution in [2.24, 2.45) is 0 Å². The summed E-state index contributed by atoms with van der Waals surface area (Å²) in [6.07, 6.45) is 5.05. The van der Waals surface area contributed by atoms with Crippen molar-refractivity contribution in [3.8, 4) is 11.1 Å². The Morgan fingerprint density at radius 3 is 2.51 bits per heavy atom. The van der Waals surface area contributed by atoms with E-state index in [1.807, 2.05) is 19.9 Å². The summed E-state index contributed by atoms with van der Waals surface area (Å²) in [7, 11) is 0. The average Bonchev–Trinajstić information content (AvgIpc) is 3.33. The number of hydrogen-bond donors (Lipinski definition) is 0. The van der Waals surface area contributed by atoms with Crippen molar-refractivity contribution in [3.05, 3.63) is 65.3 Å². The quantitative estimate of drug-likeness (QED) is 0.334. The lowest BCUT2D eigenvalue weighted by atomic mass is 9.91. The number of fused-ring (bicyclic) bond motifs is 1. The van der Waals surface area contributed by atoms with Gasteiger partial charge in [0.1, 0.15) is 11.6 Å². The maximum absolute atomic E-state index is 14.1. The molecular formula is C27H26F2N4O2. The lowest BCUT2D eigenvalue weighted by Crippen LogP contribution is -2.40. The summed E-state index contributed by atoms with van der Waals surface area (Å²) in [5.41, 5.74) is 4.99. The lowest BCUT2D eigenvalue weighted by Gasteiger charge is -2.38. The van der Waals surface area contributed by atoms with Crippen LogP contribution in [0.15, 0.2) is 40.9 Å². The highest BCUT2D eigenvalue weighted by Gasteiger charge is 2.36. The Morgan fingerprint density at radius 1 is 1.00 bits per heavy atom. The van der Waals surface area contributed by atoms with Crippen molar-refractivity contribution < 1.29 is 18.1 Å². The van der Waals surface area contributed by atoms with E-state index in [-0.39, 0.29) is 11.9 Å². The number of aromatic nitrogens is 3. The van der Waals surface area contributed by atoms with Gasteiger partial charge in [-0.15, -0.1) is 0 Å². The SMILES string of the molecule is Cc1noc(C)c1-c1ccc2c(c1)nc([C@@H]1CCCC(=O)N1c1ccc(F)c(F)c1)n2C1CCC1. The molecule has 2 fully saturated rings. The molecule has 1 atom stereocenters. The number of halogens is 2. The Labute approximate surface area is 201 Å². The Balaban J connectivity index is 1.51. The van der Waals surface area contributed by atoms with Gasteiger partial charge < -0.3 is 14.0 Å². The van der Waals surface area contributed by atoms with Gasteiger partial charge in [-0.05, 0) is 75.8 Å². The summed E-state index contributed by atoms with van der Waals surface area (Å²) in [5.74, 6) is -0.434. The number of imidazole rings is 1. The molecule has 2 aromatic heterocycles. The Kier molecular flexibility index (Phi) is 5.20. The predicted molar refractivity (Wildman–Crippen MR) is 128 cm³/mol. The first-order valence-corrected chi connectivity index (χ1v) is 12.1. The minimum Gasteiger partial charge on any atom is -0.361 e. The lowest BCUT2D eigenvalue weighted by molar-refractivity contribution is -0.120. The van der Waals surface area contributed by atoms with E-state index < -0.39 is 11.6 Å². The van der Waals surface area contributed by atoms with Crippen molar-refractivity contribution in [1.82, 2.24) is 14.7 Å². The van der Waals surface area contributed by atoms with Crippen LogP contribution in [-0.4, -0.2) is 20.6 Å². The minimum absolute atomic E-state index is 0.101. The molecule has 1 saturated heterocycles. The standard InChI is InChI=1S/C27H26F2N4O2/c1-15-26(16(2)35-31-15)17-9-12-23-22(13-17)30-27(33(23)18-5-3-6-18)24-7-4-8-25(34)32(24)19-10-11-20(28)21(29)14-19/h9-14,18,24H,3-8H2,1-2H3/t24-/m0/s1. The van der Waals surface area contributed by atoms with E-state index in [1.54, 1.807) is 4.90 Å². The molecule has 1 aliphatic carbocycles. The van der Waals surface area contributed by atoms with E-state index in [0.29, 0.717) is 24.6 Å². The topological polar surface area (TPSA) is 64.2 Å². The smallest absolute Gasteiger partial charge is 0.227 e. The second kappa shape index (κ2) is 8.29. The molecule has 0 unspecified atom stereocenters. The number of carbonyl (C=O) groups excluding carboxylic acids is 1. The summed E-state index contributed by atoms with van der Waals surface area (Å²) < 4.78 is 35.4. The van der Waals surface area contributed by atoms with Crippen LogP contribution in [0.5, 0.6) is 0 Å². The van der Waals surface area contributed by atoms with Crippen LogP contribution in [0.25, 0.3) is 22.2 Å². The molecule has 35 heavy (non-hydrogen) atoms. The van der Waals surface area contributed by atoms with Crippen LogP contribution in [-0.2, 0) is 4.79 Å². The van der Waals surface area contributed by atoms with Crippen molar-refractivity contribution in [3.63, 3.8) is 0 Å². The summed E-state index contributed by atoms with van der Waals surface area (Å²) in [6, 6.07) is 9.81. The van der Waals surface area contributed by atoms with Crippen LogP contribution < -0.4 is 4.90 Å². The van der Waals surface area contributed by atoms with Crippen LogP contribution >= 0.6 is 0 Å². The molecule has 3 heterocycles. The maximum Gasteiger partial charge on any atom is 0.227 e. The molecule has 6 nitrogen and oxygen atoms in total. The second-order valence-corrected chi connectivity index (χ2v) is 9.60. The highest BCUT2D eigenvalue weighted by Crippen LogP contribution is 2.43. The molecule has 0 bridgehead atoms. The fraction of sp³-hybridized carbons (Fsp3) is 0.370. The van der Waals surface area contributed by atoms with Crippen LogP contribution in [0.1, 0.15) is 67.9 Å². The fourth-order valence-corrected chi connectivity index (χ4v) is 5.51. The number of carbonyl (C=O) groups is 1. The third-order valence-electron chi connectivity index (χ3n) is 7.41. The molecule has 4 aromatic rings. The van der Waals surface area contributed by atoms with Crippen LogP contribution in [0, 0.1) is 25.5 Å². The highest BCUT2D eigenvalue weighted by molar-refractivity contribution is 5.95. The van der Waals surface area contributed by atoms with E-state index in [4.69, 9.17) is 9.51 Å². The summed E-state index contributed by atoms with van der Waals surface area (Å²) in [4.78, 5) is 19.8. The first kappa shape index (κ1) is 21.9. The number of piperidine rings is 1. The van der Waals surface area contributed by atoms with Gasteiger partial charge in [-0.1, -0.05) is 11.2 Å². The number of hydrogen-bond acceptors (Lipinski definition) is 4. The molecular weight excluding hydrogens is 450 g/mol. The van der Waals surface area contributed by atoms with Gasteiger partial charge >= 0.3 is 0 Å². The van der Waals surface area contributed by atoms with Crippen molar-refractivity contribution in [2.45, 2.75) is 64.5 Å². The van der Waals surface area contributed by atoms with E-state index in [9.17, 15) is 13.6 Å². The van der Waals surface area contributed by atoms with Crippen molar-refractivity contribution >= 4 is 22.6 Å². The normalized spacial score (nSPS) is 18.9. The van der Waals surface area contributed by atoms with E-state index in [2.05, 4.69) is 21.9 Å². The van der Waals surface area contributed by atoms with Gasteiger partial charge in [0.25, 0.3) is 0 Å². The Hall–Kier alpha value is -3.55. The molecule has 1 saturated carbocycles. The summed E-state index contributed by atoms with van der Waals surface area (Å²) >= 11 is 0. The van der Waals surface area contributed by atoms with E-state index >= 15 is 0 Å². The third-order valence-corrected chi connectivity index (χ3v) is 7.41. The van der Waals surface area contributed by atoms with Gasteiger partial charge in [-0.3, -0.25) is 4.79 Å².